The second-order valence-electron chi connectivity index (χ2n) is 6.58. The Morgan fingerprint density at radius 1 is 1.22 bits per heavy atom. The molecule has 0 unspecified atom stereocenters. The minimum Gasteiger partial charge on any atom is -0.484 e. The molecule has 0 atom stereocenters. The maximum Gasteiger partial charge on any atom is 0.306 e. The van der Waals surface area contributed by atoms with E-state index < -0.39 is 5.97 Å². The van der Waals surface area contributed by atoms with Crippen LogP contribution in [0.25, 0.3) is 11.4 Å². The molecule has 7 heteroatoms. The zero-order valence-corrected chi connectivity index (χ0v) is 15.1. The van der Waals surface area contributed by atoms with Gasteiger partial charge >= 0.3 is 5.97 Å². The van der Waals surface area contributed by atoms with E-state index in [9.17, 15) is 4.79 Å². The fraction of sp³-hybridized carbons (Fsp3) is 0.250. The standard InChI is InChI=1S/C20H17ClN2O4/c21-16-3-1-2-13(10-16)19-22-18(27-23-19)11-26-17-6-4-12(5-7-17)14-8-15(9-14)20(24)25/h1-7,10,14-15H,8-9,11H2,(H,24,25). The molecule has 1 N–H and O–H groups in total. The topological polar surface area (TPSA) is 85.5 Å². The molecule has 27 heavy (non-hydrogen) atoms. The van der Waals surface area contributed by atoms with Crippen molar-refractivity contribution in [3.05, 3.63) is 65.0 Å². The zero-order chi connectivity index (χ0) is 18.8. The molecule has 4 rings (SSSR count). The minimum atomic E-state index is -0.706. The first kappa shape index (κ1) is 17.5. The van der Waals surface area contributed by atoms with Crippen LogP contribution in [-0.4, -0.2) is 21.2 Å². The van der Waals surface area contributed by atoms with Gasteiger partial charge in [0.2, 0.25) is 5.82 Å². The van der Waals surface area contributed by atoms with Crippen LogP contribution >= 0.6 is 11.6 Å². The van der Waals surface area contributed by atoms with Gasteiger partial charge in [0.1, 0.15) is 5.75 Å². The Morgan fingerprint density at radius 3 is 2.70 bits per heavy atom. The van der Waals surface area contributed by atoms with E-state index >= 15 is 0 Å². The van der Waals surface area contributed by atoms with Crippen molar-refractivity contribution in [2.45, 2.75) is 25.4 Å². The molecule has 0 spiro atoms. The lowest BCUT2D eigenvalue weighted by atomic mass is 9.71. The van der Waals surface area contributed by atoms with Crippen LogP contribution in [0.4, 0.5) is 0 Å². The van der Waals surface area contributed by atoms with Gasteiger partial charge in [0.15, 0.2) is 6.61 Å². The molecule has 3 aromatic rings. The summed E-state index contributed by atoms with van der Waals surface area (Å²) in [6.07, 6.45) is 1.40. The molecule has 6 nitrogen and oxygen atoms in total. The van der Waals surface area contributed by atoms with E-state index in [0.29, 0.717) is 41.2 Å². The molecule has 1 aromatic heterocycles. The quantitative estimate of drug-likeness (QED) is 0.671. The monoisotopic (exact) mass is 384 g/mol. The van der Waals surface area contributed by atoms with Gasteiger partial charge in [0, 0.05) is 10.6 Å². The lowest BCUT2D eigenvalue weighted by Gasteiger charge is -2.32. The SMILES string of the molecule is O=C(O)C1CC(c2ccc(OCc3nc(-c4cccc(Cl)c4)no3)cc2)C1. The van der Waals surface area contributed by atoms with E-state index in [1.807, 2.05) is 36.4 Å². The minimum absolute atomic E-state index is 0.164. The number of hydrogen-bond donors (Lipinski definition) is 1. The van der Waals surface area contributed by atoms with Gasteiger partial charge in [-0.1, -0.05) is 41.0 Å². The number of hydrogen-bond acceptors (Lipinski definition) is 5. The summed E-state index contributed by atoms with van der Waals surface area (Å²) in [6, 6.07) is 14.9. The van der Waals surface area contributed by atoms with Crippen molar-refractivity contribution < 1.29 is 19.2 Å². The summed E-state index contributed by atoms with van der Waals surface area (Å²) in [6.45, 7) is 0.164. The Bertz CT molecular complexity index is 949. The normalized spacial score (nSPS) is 18.7. The highest BCUT2D eigenvalue weighted by atomic mass is 35.5. The third-order valence-electron chi connectivity index (χ3n) is 4.75. The van der Waals surface area contributed by atoms with Gasteiger partial charge in [-0.15, -0.1) is 0 Å². The molecule has 0 amide bonds. The Labute approximate surface area is 160 Å². The van der Waals surface area contributed by atoms with E-state index in [0.717, 1.165) is 11.1 Å². The molecule has 138 valence electrons. The number of carbonyl (C=O) groups is 1. The maximum atomic E-state index is 10.9. The summed E-state index contributed by atoms with van der Waals surface area (Å²) in [7, 11) is 0. The third kappa shape index (κ3) is 3.95. The molecular weight excluding hydrogens is 368 g/mol. The van der Waals surface area contributed by atoms with Crippen LogP contribution in [0.3, 0.4) is 0 Å². The number of benzene rings is 2. The highest BCUT2D eigenvalue weighted by molar-refractivity contribution is 6.30. The zero-order valence-electron chi connectivity index (χ0n) is 14.3. The van der Waals surface area contributed by atoms with Crippen molar-refractivity contribution in [3.63, 3.8) is 0 Å². The van der Waals surface area contributed by atoms with Gasteiger partial charge in [0.05, 0.1) is 5.92 Å². The van der Waals surface area contributed by atoms with Crippen molar-refractivity contribution in [3.8, 4) is 17.1 Å². The second-order valence-corrected chi connectivity index (χ2v) is 7.02. The number of rotatable bonds is 6. The smallest absolute Gasteiger partial charge is 0.306 e. The molecule has 1 saturated carbocycles. The lowest BCUT2D eigenvalue weighted by molar-refractivity contribution is -0.145. The molecule has 1 heterocycles. The first-order chi connectivity index (χ1) is 13.1. The Balaban J connectivity index is 1.34. The first-order valence-electron chi connectivity index (χ1n) is 8.62. The highest BCUT2D eigenvalue weighted by Gasteiger charge is 2.35. The fourth-order valence-corrected chi connectivity index (χ4v) is 3.32. The maximum absolute atomic E-state index is 10.9. The van der Waals surface area contributed by atoms with Crippen molar-refractivity contribution in [1.29, 1.82) is 0 Å². The largest absolute Gasteiger partial charge is 0.484 e. The van der Waals surface area contributed by atoms with Gasteiger partial charge in [-0.3, -0.25) is 4.79 Å². The van der Waals surface area contributed by atoms with Gasteiger partial charge in [-0.05, 0) is 48.6 Å². The summed E-state index contributed by atoms with van der Waals surface area (Å²) < 4.78 is 10.9. The van der Waals surface area contributed by atoms with Crippen molar-refractivity contribution in [1.82, 2.24) is 10.1 Å². The molecule has 0 radical (unpaired) electrons. The Hall–Kier alpha value is -2.86. The van der Waals surface area contributed by atoms with Crippen molar-refractivity contribution >= 4 is 17.6 Å². The number of nitrogens with zero attached hydrogens (tertiary/aromatic N) is 2. The molecular formula is C20H17ClN2O4. The van der Waals surface area contributed by atoms with Gasteiger partial charge < -0.3 is 14.4 Å². The number of ether oxygens (including phenoxy) is 1. The van der Waals surface area contributed by atoms with Crippen LogP contribution in [0, 0.1) is 5.92 Å². The van der Waals surface area contributed by atoms with Crippen molar-refractivity contribution in [2.75, 3.05) is 0 Å². The predicted molar refractivity (Wildman–Crippen MR) is 98.6 cm³/mol. The summed E-state index contributed by atoms with van der Waals surface area (Å²) in [5.74, 6) is 0.925. The van der Waals surface area contributed by atoms with Crippen LogP contribution in [0.15, 0.2) is 53.1 Å². The lowest BCUT2D eigenvalue weighted by Crippen LogP contribution is -2.28. The Kier molecular flexibility index (Phi) is 4.81. The highest BCUT2D eigenvalue weighted by Crippen LogP contribution is 2.42. The summed E-state index contributed by atoms with van der Waals surface area (Å²) in [5, 5.41) is 13.5. The number of aromatic nitrogens is 2. The van der Waals surface area contributed by atoms with Crippen LogP contribution in [0.1, 0.15) is 30.2 Å². The van der Waals surface area contributed by atoms with E-state index in [2.05, 4.69) is 10.1 Å². The molecule has 0 bridgehead atoms. The molecule has 1 aliphatic rings. The molecule has 0 saturated heterocycles. The third-order valence-corrected chi connectivity index (χ3v) is 4.99. The fourth-order valence-electron chi connectivity index (χ4n) is 3.13. The van der Waals surface area contributed by atoms with E-state index in [1.165, 1.54) is 0 Å². The molecule has 1 fully saturated rings. The summed E-state index contributed by atoms with van der Waals surface area (Å²) in [5.41, 5.74) is 1.92. The predicted octanol–water partition coefficient (Wildman–Crippen LogP) is 4.55. The summed E-state index contributed by atoms with van der Waals surface area (Å²) in [4.78, 5) is 15.2. The number of carboxylic acid groups (broad SMARTS) is 1. The second kappa shape index (κ2) is 7.40. The number of aliphatic carboxylic acids is 1. The average Bonchev–Trinajstić information content (AvgIpc) is 3.08. The van der Waals surface area contributed by atoms with Gasteiger partial charge in [-0.2, -0.15) is 4.98 Å². The molecule has 0 aliphatic heterocycles. The van der Waals surface area contributed by atoms with Crippen LogP contribution in [0.2, 0.25) is 5.02 Å². The van der Waals surface area contributed by atoms with Gasteiger partial charge in [0.25, 0.3) is 5.89 Å². The molecule has 1 aliphatic carbocycles. The molecule has 2 aromatic carbocycles. The van der Waals surface area contributed by atoms with Crippen LogP contribution < -0.4 is 4.74 Å². The van der Waals surface area contributed by atoms with Crippen LogP contribution in [-0.2, 0) is 11.4 Å². The average molecular weight is 385 g/mol. The van der Waals surface area contributed by atoms with E-state index in [4.69, 9.17) is 26.0 Å². The number of carboxylic acids is 1. The first-order valence-corrected chi connectivity index (χ1v) is 9.00. The van der Waals surface area contributed by atoms with E-state index in [-0.39, 0.29) is 12.5 Å². The summed E-state index contributed by atoms with van der Waals surface area (Å²) >= 11 is 5.98. The van der Waals surface area contributed by atoms with Crippen LogP contribution in [0.5, 0.6) is 5.75 Å². The van der Waals surface area contributed by atoms with E-state index in [1.54, 1.807) is 12.1 Å². The Morgan fingerprint density at radius 2 is 2.00 bits per heavy atom. The number of halogens is 1. The van der Waals surface area contributed by atoms with Gasteiger partial charge in [-0.25, -0.2) is 0 Å². The van der Waals surface area contributed by atoms with Crippen molar-refractivity contribution in [2.24, 2.45) is 5.92 Å².